The van der Waals surface area contributed by atoms with Gasteiger partial charge in [-0.2, -0.15) is 30.4 Å². The van der Waals surface area contributed by atoms with Crippen molar-refractivity contribution >= 4 is 16.1 Å². The van der Waals surface area contributed by atoms with Gasteiger partial charge in [-0.25, -0.2) is 0 Å². The number of carbonyl (C=O) groups is 1. The molecule has 21 heavy (non-hydrogen) atoms. The van der Waals surface area contributed by atoms with E-state index < -0.39 is 45.0 Å². The topological polar surface area (TPSA) is 80.7 Å². The van der Waals surface area contributed by atoms with Crippen LogP contribution in [0, 0.1) is 11.3 Å². The van der Waals surface area contributed by atoms with Crippen molar-refractivity contribution in [3.63, 3.8) is 0 Å². The zero-order valence-corrected chi connectivity index (χ0v) is 12.3. The highest BCUT2D eigenvalue weighted by atomic mass is 32.2. The molecule has 0 aliphatic carbocycles. The van der Waals surface area contributed by atoms with Gasteiger partial charge in [0.05, 0.1) is 5.41 Å². The first-order valence-corrected chi connectivity index (χ1v) is 7.02. The van der Waals surface area contributed by atoms with E-state index >= 15 is 0 Å². The SMILES string of the molecule is CC(C)C(C)(C)C(=O)OC(C(F)(F)F)C(F)(F)S(=O)(=O)O. The molecule has 0 aromatic carbocycles. The number of hydrogen-bond donors (Lipinski definition) is 1. The minimum atomic E-state index is -6.43. The fourth-order valence-corrected chi connectivity index (χ4v) is 1.41. The molecule has 0 fully saturated rings. The van der Waals surface area contributed by atoms with Crippen molar-refractivity contribution in [3.05, 3.63) is 0 Å². The van der Waals surface area contributed by atoms with E-state index in [4.69, 9.17) is 4.55 Å². The normalized spacial score (nSPS) is 16.0. The summed E-state index contributed by atoms with van der Waals surface area (Å²) in [6.45, 7) is 5.17. The van der Waals surface area contributed by atoms with Crippen LogP contribution in [0.2, 0.25) is 0 Å². The third kappa shape index (κ3) is 4.25. The molecular formula is C10H15F5O5S. The Labute approximate surface area is 118 Å². The molecule has 0 saturated carbocycles. The van der Waals surface area contributed by atoms with Gasteiger partial charge in [0.2, 0.25) is 0 Å². The second-order valence-corrected chi connectivity index (χ2v) is 6.73. The van der Waals surface area contributed by atoms with Gasteiger partial charge in [-0.3, -0.25) is 9.35 Å². The van der Waals surface area contributed by atoms with Crippen LogP contribution in [-0.4, -0.2) is 36.5 Å². The summed E-state index contributed by atoms with van der Waals surface area (Å²) >= 11 is 0. The lowest BCUT2D eigenvalue weighted by atomic mass is 9.81. The minimum Gasteiger partial charge on any atom is -0.444 e. The molecule has 0 amide bonds. The van der Waals surface area contributed by atoms with Crippen LogP contribution in [0.25, 0.3) is 0 Å². The number of halogens is 5. The standard InChI is InChI=1S/C10H15F5O5S/c1-5(2)8(3,4)7(16)20-6(9(11,12)13)10(14,15)21(17,18)19/h5-6H,1-4H3,(H,17,18,19). The predicted molar refractivity (Wildman–Crippen MR) is 61.0 cm³/mol. The number of alkyl halides is 5. The van der Waals surface area contributed by atoms with E-state index in [2.05, 4.69) is 4.74 Å². The molecule has 0 radical (unpaired) electrons. The van der Waals surface area contributed by atoms with Crippen molar-refractivity contribution in [1.29, 1.82) is 0 Å². The highest BCUT2D eigenvalue weighted by molar-refractivity contribution is 7.86. The summed E-state index contributed by atoms with van der Waals surface area (Å²) < 4.78 is 96.9. The van der Waals surface area contributed by atoms with Crippen molar-refractivity contribution in [2.24, 2.45) is 11.3 Å². The van der Waals surface area contributed by atoms with Crippen molar-refractivity contribution < 1.29 is 44.5 Å². The van der Waals surface area contributed by atoms with E-state index in [1.807, 2.05) is 0 Å². The zero-order valence-electron chi connectivity index (χ0n) is 11.5. The Balaban J connectivity index is 5.69. The van der Waals surface area contributed by atoms with Crippen LogP contribution < -0.4 is 0 Å². The van der Waals surface area contributed by atoms with Crippen molar-refractivity contribution in [3.8, 4) is 0 Å². The average molecular weight is 342 g/mol. The number of carbonyl (C=O) groups excluding carboxylic acids is 1. The molecule has 0 spiro atoms. The summed E-state index contributed by atoms with van der Waals surface area (Å²) in [5.41, 5.74) is -1.57. The monoisotopic (exact) mass is 342 g/mol. The summed E-state index contributed by atoms with van der Waals surface area (Å²) in [5.74, 6) is -2.23. The Bertz CT molecular complexity index is 494. The van der Waals surface area contributed by atoms with Crippen LogP contribution in [0.1, 0.15) is 27.7 Å². The highest BCUT2D eigenvalue weighted by Crippen LogP contribution is 2.40. The largest absolute Gasteiger partial charge is 0.444 e. The van der Waals surface area contributed by atoms with E-state index in [1.165, 1.54) is 13.8 Å². The number of ether oxygens (including phenoxy) is 1. The first kappa shape index (κ1) is 20.0. The third-order valence-corrected chi connectivity index (χ3v) is 4.04. The van der Waals surface area contributed by atoms with E-state index in [1.54, 1.807) is 0 Å². The fourth-order valence-electron chi connectivity index (χ4n) is 0.956. The third-order valence-electron chi connectivity index (χ3n) is 3.14. The zero-order chi connectivity index (χ0) is 17.4. The van der Waals surface area contributed by atoms with Crippen molar-refractivity contribution in [1.82, 2.24) is 0 Å². The molecule has 1 unspecified atom stereocenters. The Morgan fingerprint density at radius 3 is 1.71 bits per heavy atom. The molecule has 0 aliphatic rings. The molecule has 1 N–H and O–H groups in total. The van der Waals surface area contributed by atoms with E-state index in [9.17, 15) is 35.2 Å². The van der Waals surface area contributed by atoms with Gasteiger partial charge in [-0.05, 0) is 19.8 Å². The van der Waals surface area contributed by atoms with Crippen LogP contribution >= 0.6 is 0 Å². The van der Waals surface area contributed by atoms with Crippen molar-refractivity contribution in [2.45, 2.75) is 45.2 Å². The molecule has 0 saturated heterocycles. The Morgan fingerprint density at radius 1 is 1.10 bits per heavy atom. The van der Waals surface area contributed by atoms with Crippen LogP contribution in [0.3, 0.4) is 0 Å². The maximum absolute atomic E-state index is 13.2. The molecule has 0 bridgehead atoms. The van der Waals surface area contributed by atoms with Gasteiger partial charge in [0.15, 0.2) is 0 Å². The van der Waals surface area contributed by atoms with Crippen LogP contribution in [-0.2, 0) is 19.6 Å². The molecule has 1 atom stereocenters. The summed E-state index contributed by atoms with van der Waals surface area (Å²) in [7, 11) is -6.43. The quantitative estimate of drug-likeness (QED) is 0.472. The maximum atomic E-state index is 13.2. The summed E-state index contributed by atoms with van der Waals surface area (Å²) in [4.78, 5) is 11.6. The lowest BCUT2D eigenvalue weighted by Crippen LogP contribution is -2.53. The van der Waals surface area contributed by atoms with E-state index in [0.717, 1.165) is 13.8 Å². The van der Waals surface area contributed by atoms with Gasteiger partial charge in [0.1, 0.15) is 0 Å². The van der Waals surface area contributed by atoms with Crippen LogP contribution in [0.15, 0.2) is 0 Å². The van der Waals surface area contributed by atoms with E-state index in [-0.39, 0.29) is 0 Å². The summed E-state index contributed by atoms with van der Waals surface area (Å²) in [6, 6.07) is 0. The Morgan fingerprint density at radius 2 is 1.48 bits per heavy atom. The Hall–Kier alpha value is -0.970. The Kier molecular flexibility index (Phi) is 5.41. The molecule has 126 valence electrons. The van der Waals surface area contributed by atoms with Crippen LogP contribution in [0.4, 0.5) is 22.0 Å². The lowest BCUT2D eigenvalue weighted by molar-refractivity contribution is -0.263. The first-order valence-electron chi connectivity index (χ1n) is 5.58. The number of hydrogen-bond acceptors (Lipinski definition) is 4. The second-order valence-electron chi connectivity index (χ2n) is 5.24. The molecule has 0 aromatic heterocycles. The molecule has 0 aromatic rings. The van der Waals surface area contributed by atoms with Gasteiger partial charge in [0.25, 0.3) is 6.10 Å². The van der Waals surface area contributed by atoms with Gasteiger partial charge in [0, 0.05) is 0 Å². The van der Waals surface area contributed by atoms with Gasteiger partial charge < -0.3 is 4.74 Å². The van der Waals surface area contributed by atoms with Gasteiger partial charge in [-0.1, -0.05) is 13.8 Å². The number of esters is 1. The summed E-state index contributed by atoms with van der Waals surface area (Å²) in [6.07, 6.45) is -10.2. The van der Waals surface area contributed by atoms with E-state index in [0.29, 0.717) is 0 Å². The first-order chi connectivity index (χ1) is 8.95. The molecule has 0 rings (SSSR count). The maximum Gasteiger partial charge on any atom is 0.432 e. The highest BCUT2D eigenvalue weighted by Gasteiger charge is 2.66. The smallest absolute Gasteiger partial charge is 0.432 e. The number of rotatable bonds is 5. The average Bonchev–Trinajstić information content (AvgIpc) is 2.21. The predicted octanol–water partition coefficient (Wildman–Crippen LogP) is 2.62. The summed E-state index contributed by atoms with van der Waals surface area (Å²) in [5, 5.41) is -5.71. The van der Waals surface area contributed by atoms with Gasteiger partial charge in [-0.15, -0.1) is 0 Å². The fraction of sp³-hybridized carbons (Fsp3) is 0.900. The molecular weight excluding hydrogens is 327 g/mol. The lowest BCUT2D eigenvalue weighted by Gasteiger charge is -2.32. The molecule has 0 heterocycles. The molecule has 11 heteroatoms. The van der Waals surface area contributed by atoms with Crippen molar-refractivity contribution in [2.75, 3.05) is 0 Å². The minimum absolute atomic E-state index is 0.571. The van der Waals surface area contributed by atoms with Gasteiger partial charge >= 0.3 is 27.5 Å². The molecule has 5 nitrogen and oxygen atoms in total. The molecule has 0 aliphatic heterocycles. The van der Waals surface area contributed by atoms with Crippen LogP contribution in [0.5, 0.6) is 0 Å². The second kappa shape index (κ2) is 5.67.